The molecule has 0 spiro atoms. The number of rotatable bonds is 12. The zero-order valence-electron chi connectivity index (χ0n) is 16.9. The van der Waals surface area contributed by atoms with Gasteiger partial charge in [-0.15, -0.1) is 24.0 Å². The van der Waals surface area contributed by atoms with E-state index in [1.54, 1.807) is 14.2 Å². The number of nitrogens with one attached hydrogen (secondary N) is 2. The molecule has 2 N–H and O–H groups in total. The SMILES string of the molecule is CN=C(NCCCOCC1CCOC1)Nc1cccc(OCCCOC)c1.I. The molecule has 1 aliphatic rings. The van der Waals surface area contributed by atoms with E-state index in [9.17, 15) is 0 Å². The molecule has 7 nitrogen and oxygen atoms in total. The molecule has 0 bridgehead atoms. The lowest BCUT2D eigenvalue weighted by atomic mass is 10.1. The van der Waals surface area contributed by atoms with E-state index in [2.05, 4.69) is 15.6 Å². The Bertz CT molecular complexity index is 554. The fourth-order valence-corrected chi connectivity index (χ4v) is 2.72. The summed E-state index contributed by atoms with van der Waals surface area (Å²) < 4.78 is 21.8. The number of methoxy groups -OCH3 is 1. The van der Waals surface area contributed by atoms with Gasteiger partial charge in [0.05, 0.1) is 19.8 Å². The summed E-state index contributed by atoms with van der Waals surface area (Å²) in [4.78, 5) is 4.26. The highest BCUT2D eigenvalue weighted by molar-refractivity contribution is 14.0. The first-order chi connectivity index (χ1) is 13.3. The van der Waals surface area contributed by atoms with Crippen LogP contribution in [0.1, 0.15) is 19.3 Å². The maximum atomic E-state index is 5.73. The van der Waals surface area contributed by atoms with Crippen LogP contribution in [0.4, 0.5) is 5.69 Å². The molecule has 1 saturated heterocycles. The van der Waals surface area contributed by atoms with Crippen LogP contribution in [0.25, 0.3) is 0 Å². The van der Waals surface area contributed by atoms with Crippen LogP contribution in [0.5, 0.6) is 5.75 Å². The summed E-state index contributed by atoms with van der Waals surface area (Å²) in [6.45, 7) is 5.38. The Morgan fingerprint density at radius 3 is 2.89 bits per heavy atom. The van der Waals surface area contributed by atoms with Gasteiger partial charge in [-0.2, -0.15) is 0 Å². The van der Waals surface area contributed by atoms with E-state index in [1.165, 1.54) is 0 Å². The summed E-state index contributed by atoms with van der Waals surface area (Å²) in [7, 11) is 3.46. The zero-order chi connectivity index (χ0) is 19.2. The summed E-state index contributed by atoms with van der Waals surface area (Å²) in [5, 5.41) is 6.59. The van der Waals surface area contributed by atoms with Crippen molar-refractivity contribution in [2.24, 2.45) is 10.9 Å². The minimum atomic E-state index is 0. The van der Waals surface area contributed by atoms with Crippen molar-refractivity contribution >= 4 is 35.6 Å². The quantitative estimate of drug-likeness (QED) is 0.196. The highest BCUT2D eigenvalue weighted by Gasteiger charge is 2.15. The largest absolute Gasteiger partial charge is 0.493 e. The molecule has 8 heteroatoms. The van der Waals surface area contributed by atoms with E-state index in [1.807, 2.05) is 24.3 Å². The van der Waals surface area contributed by atoms with Crippen molar-refractivity contribution in [2.75, 3.05) is 65.7 Å². The zero-order valence-corrected chi connectivity index (χ0v) is 19.3. The summed E-state index contributed by atoms with van der Waals surface area (Å²) >= 11 is 0. The number of benzene rings is 1. The van der Waals surface area contributed by atoms with Gasteiger partial charge < -0.3 is 29.6 Å². The molecule has 0 amide bonds. The number of nitrogens with zero attached hydrogens (tertiary/aromatic N) is 1. The minimum absolute atomic E-state index is 0. The second-order valence-corrected chi connectivity index (χ2v) is 6.50. The summed E-state index contributed by atoms with van der Waals surface area (Å²) in [5.41, 5.74) is 0.935. The van der Waals surface area contributed by atoms with E-state index in [4.69, 9.17) is 18.9 Å². The first-order valence-corrected chi connectivity index (χ1v) is 9.66. The third-order valence-electron chi connectivity index (χ3n) is 4.22. The topological polar surface area (TPSA) is 73.3 Å². The van der Waals surface area contributed by atoms with Gasteiger partial charge in [0.2, 0.25) is 0 Å². The van der Waals surface area contributed by atoms with E-state index >= 15 is 0 Å². The fourth-order valence-electron chi connectivity index (χ4n) is 2.72. The molecule has 0 saturated carbocycles. The maximum Gasteiger partial charge on any atom is 0.195 e. The first-order valence-electron chi connectivity index (χ1n) is 9.66. The van der Waals surface area contributed by atoms with Gasteiger partial charge in [0.1, 0.15) is 5.75 Å². The number of aliphatic imine (C=N–C) groups is 1. The summed E-state index contributed by atoms with van der Waals surface area (Å²) in [6, 6.07) is 7.86. The molecule has 1 fully saturated rings. The van der Waals surface area contributed by atoms with Crippen molar-refractivity contribution in [3.8, 4) is 5.75 Å². The lowest BCUT2D eigenvalue weighted by molar-refractivity contribution is 0.0888. The van der Waals surface area contributed by atoms with Gasteiger partial charge in [0, 0.05) is 64.6 Å². The lowest BCUT2D eigenvalue weighted by Gasteiger charge is -2.13. The Hall–Kier alpha value is -1.10. The van der Waals surface area contributed by atoms with Crippen LogP contribution in [0, 0.1) is 5.92 Å². The van der Waals surface area contributed by atoms with Crippen LogP contribution in [0.15, 0.2) is 29.3 Å². The molecule has 0 aromatic heterocycles. The molecule has 0 aliphatic carbocycles. The van der Waals surface area contributed by atoms with E-state index in [0.29, 0.717) is 19.1 Å². The van der Waals surface area contributed by atoms with Crippen LogP contribution in [-0.2, 0) is 14.2 Å². The molecule has 1 atom stereocenters. The van der Waals surface area contributed by atoms with Crippen LogP contribution < -0.4 is 15.4 Å². The summed E-state index contributed by atoms with van der Waals surface area (Å²) in [5.74, 6) is 2.13. The molecule has 1 unspecified atom stereocenters. The lowest BCUT2D eigenvalue weighted by Crippen LogP contribution is -2.32. The number of guanidine groups is 1. The molecule has 0 radical (unpaired) electrons. The maximum absolute atomic E-state index is 5.73. The molecule has 1 aromatic carbocycles. The van der Waals surface area contributed by atoms with Gasteiger partial charge in [-0.3, -0.25) is 4.99 Å². The smallest absolute Gasteiger partial charge is 0.195 e. The van der Waals surface area contributed by atoms with Crippen molar-refractivity contribution in [3.05, 3.63) is 24.3 Å². The highest BCUT2D eigenvalue weighted by Crippen LogP contribution is 2.17. The third kappa shape index (κ3) is 10.4. The predicted octanol–water partition coefficient (Wildman–Crippen LogP) is 3.15. The van der Waals surface area contributed by atoms with Crippen LogP contribution in [0.2, 0.25) is 0 Å². The normalized spacial score (nSPS) is 16.5. The van der Waals surface area contributed by atoms with E-state index < -0.39 is 0 Å². The second kappa shape index (κ2) is 15.8. The average molecular weight is 507 g/mol. The number of halogens is 1. The Morgan fingerprint density at radius 2 is 2.14 bits per heavy atom. The minimum Gasteiger partial charge on any atom is -0.493 e. The van der Waals surface area contributed by atoms with Gasteiger partial charge >= 0.3 is 0 Å². The van der Waals surface area contributed by atoms with Gasteiger partial charge in [-0.05, 0) is 25.0 Å². The molecule has 1 aliphatic heterocycles. The molecule has 2 rings (SSSR count). The van der Waals surface area contributed by atoms with Crippen molar-refractivity contribution in [3.63, 3.8) is 0 Å². The number of ether oxygens (including phenoxy) is 4. The number of anilines is 1. The predicted molar refractivity (Wildman–Crippen MR) is 123 cm³/mol. The van der Waals surface area contributed by atoms with Crippen molar-refractivity contribution < 1.29 is 18.9 Å². The monoisotopic (exact) mass is 507 g/mol. The van der Waals surface area contributed by atoms with Gasteiger partial charge in [-0.25, -0.2) is 0 Å². The molecule has 1 aromatic rings. The Morgan fingerprint density at radius 1 is 1.25 bits per heavy atom. The Labute approximate surface area is 185 Å². The molecular formula is C20H34IN3O4. The third-order valence-corrected chi connectivity index (χ3v) is 4.22. The first kappa shape index (κ1) is 24.9. The van der Waals surface area contributed by atoms with Crippen molar-refractivity contribution in [1.29, 1.82) is 0 Å². The van der Waals surface area contributed by atoms with Gasteiger partial charge in [-0.1, -0.05) is 6.07 Å². The van der Waals surface area contributed by atoms with E-state index in [-0.39, 0.29) is 24.0 Å². The molecule has 1 heterocycles. The average Bonchev–Trinajstić information content (AvgIpc) is 3.21. The van der Waals surface area contributed by atoms with Crippen LogP contribution in [-0.4, -0.2) is 66.3 Å². The number of hydrogen-bond acceptors (Lipinski definition) is 5. The second-order valence-electron chi connectivity index (χ2n) is 6.50. The Kier molecular flexibility index (Phi) is 14.1. The van der Waals surface area contributed by atoms with Crippen molar-refractivity contribution in [1.82, 2.24) is 5.32 Å². The standard InChI is InChI=1S/C20H33N3O4.HI/c1-21-20(22-9-4-11-25-15-17-8-13-26-16-17)23-18-6-3-7-19(14-18)27-12-5-10-24-2;/h3,6-7,14,17H,4-5,8-13,15-16H2,1-2H3,(H2,21,22,23);1H. The molecule has 28 heavy (non-hydrogen) atoms. The van der Waals surface area contributed by atoms with Gasteiger partial charge in [0.15, 0.2) is 5.96 Å². The molecular weight excluding hydrogens is 473 g/mol. The number of hydrogen-bond donors (Lipinski definition) is 2. The van der Waals surface area contributed by atoms with Crippen molar-refractivity contribution in [2.45, 2.75) is 19.3 Å². The highest BCUT2D eigenvalue weighted by atomic mass is 127. The fraction of sp³-hybridized carbons (Fsp3) is 0.650. The van der Waals surface area contributed by atoms with Crippen LogP contribution in [0.3, 0.4) is 0 Å². The van der Waals surface area contributed by atoms with Crippen LogP contribution >= 0.6 is 24.0 Å². The Balaban J connectivity index is 0.00000392. The van der Waals surface area contributed by atoms with E-state index in [0.717, 1.165) is 69.6 Å². The van der Waals surface area contributed by atoms with Gasteiger partial charge in [0.25, 0.3) is 0 Å². The summed E-state index contributed by atoms with van der Waals surface area (Å²) in [6.07, 6.45) is 2.91. The molecule has 160 valence electrons.